The van der Waals surface area contributed by atoms with E-state index >= 15 is 0 Å². The van der Waals surface area contributed by atoms with Crippen LogP contribution in [0.4, 0.5) is 0 Å². The summed E-state index contributed by atoms with van der Waals surface area (Å²) in [5, 5.41) is 0. The normalized spacial score (nSPS) is 21.4. The molecule has 1 fully saturated rings. The van der Waals surface area contributed by atoms with Crippen molar-refractivity contribution < 1.29 is 16.9 Å². The highest BCUT2D eigenvalue weighted by molar-refractivity contribution is 4.71. The van der Waals surface area contributed by atoms with Crippen LogP contribution in [-0.2, 0) is 0 Å². The van der Waals surface area contributed by atoms with Crippen molar-refractivity contribution in [2.75, 3.05) is 26.7 Å². The second-order valence-corrected chi connectivity index (χ2v) is 5.59. The molecule has 0 aliphatic carbocycles. The van der Waals surface area contributed by atoms with Gasteiger partial charge in [-0.15, -0.1) is 0 Å². The molecule has 0 aromatic rings. The molecule has 0 saturated carbocycles. The third-order valence-electron chi connectivity index (χ3n) is 3.19. The molecule has 2 nitrogen and oxygen atoms in total. The minimum atomic E-state index is 0. The summed E-state index contributed by atoms with van der Waals surface area (Å²) in [6.07, 6.45) is 5.38. The van der Waals surface area contributed by atoms with Crippen molar-refractivity contribution in [1.82, 2.24) is 0 Å². The van der Waals surface area contributed by atoms with E-state index in [1.54, 1.807) is 0 Å². The summed E-state index contributed by atoms with van der Waals surface area (Å²) in [5.41, 5.74) is 6.01. The van der Waals surface area contributed by atoms with Crippen molar-refractivity contribution in [2.24, 2.45) is 5.73 Å². The molecule has 0 bridgehead atoms. The van der Waals surface area contributed by atoms with E-state index in [9.17, 15) is 0 Å². The van der Waals surface area contributed by atoms with Gasteiger partial charge in [0.1, 0.15) is 0 Å². The molecular formula is C11H25ClN2. The zero-order valence-corrected chi connectivity index (χ0v) is 10.6. The summed E-state index contributed by atoms with van der Waals surface area (Å²) in [4.78, 5) is 0. The van der Waals surface area contributed by atoms with E-state index in [-0.39, 0.29) is 17.9 Å². The van der Waals surface area contributed by atoms with Gasteiger partial charge < -0.3 is 22.6 Å². The van der Waals surface area contributed by atoms with Crippen molar-refractivity contribution in [3.05, 3.63) is 0 Å². The Morgan fingerprint density at radius 1 is 1.14 bits per heavy atom. The summed E-state index contributed by atoms with van der Waals surface area (Å²) in [6, 6.07) is 0. The number of likely N-dealkylation sites (tertiary alicyclic amines) is 1. The molecule has 1 aliphatic heterocycles. The molecule has 86 valence electrons. The Balaban J connectivity index is 0.00000169. The molecule has 1 saturated heterocycles. The largest absolute Gasteiger partial charge is 1.00 e. The van der Waals surface area contributed by atoms with Gasteiger partial charge in [-0.05, 0) is 33.1 Å². The van der Waals surface area contributed by atoms with Gasteiger partial charge in [-0.25, -0.2) is 0 Å². The van der Waals surface area contributed by atoms with Gasteiger partial charge in [-0.2, -0.15) is 0 Å². The van der Waals surface area contributed by atoms with Gasteiger partial charge in [-0.3, -0.25) is 0 Å². The minimum absolute atomic E-state index is 0. The first-order valence-electron chi connectivity index (χ1n) is 5.54. The van der Waals surface area contributed by atoms with Crippen molar-refractivity contribution >= 4 is 0 Å². The maximum absolute atomic E-state index is 6.00. The van der Waals surface area contributed by atoms with Gasteiger partial charge in [0, 0.05) is 12.0 Å². The van der Waals surface area contributed by atoms with Crippen LogP contribution in [0.25, 0.3) is 0 Å². The fraction of sp³-hybridized carbons (Fsp3) is 1.00. The summed E-state index contributed by atoms with van der Waals surface area (Å²) >= 11 is 0. The lowest BCUT2D eigenvalue weighted by Gasteiger charge is -2.39. The van der Waals surface area contributed by atoms with Crippen LogP contribution in [-0.4, -0.2) is 36.7 Å². The van der Waals surface area contributed by atoms with Crippen molar-refractivity contribution in [1.29, 1.82) is 0 Å². The van der Waals surface area contributed by atoms with Gasteiger partial charge in [0.25, 0.3) is 0 Å². The van der Waals surface area contributed by atoms with Crippen LogP contribution in [0.2, 0.25) is 0 Å². The lowest BCUT2D eigenvalue weighted by Crippen LogP contribution is -3.00. The van der Waals surface area contributed by atoms with Crippen molar-refractivity contribution in [2.45, 2.75) is 45.1 Å². The van der Waals surface area contributed by atoms with Crippen LogP contribution in [0.1, 0.15) is 39.5 Å². The Labute approximate surface area is 94.8 Å². The van der Waals surface area contributed by atoms with Crippen LogP contribution in [0.3, 0.4) is 0 Å². The SMILES string of the molecule is CC(C)(N)CC[N+]1(C)CCCCC1.[Cl-]. The average Bonchev–Trinajstić information content (AvgIpc) is 2.02. The topological polar surface area (TPSA) is 26.0 Å². The summed E-state index contributed by atoms with van der Waals surface area (Å²) in [6.45, 7) is 8.22. The lowest BCUT2D eigenvalue weighted by atomic mass is 10.00. The second kappa shape index (κ2) is 5.34. The fourth-order valence-corrected chi connectivity index (χ4v) is 2.06. The molecule has 0 spiro atoms. The molecule has 0 aromatic carbocycles. The van der Waals surface area contributed by atoms with Gasteiger partial charge >= 0.3 is 0 Å². The summed E-state index contributed by atoms with van der Waals surface area (Å²) in [7, 11) is 2.38. The first kappa shape index (κ1) is 14.2. The number of hydrogen-bond acceptors (Lipinski definition) is 1. The van der Waals surface area contributed by atoms with Crippen LogP contribution >= 0.6 is 0 Å². The number of hydrogen-bond donors (Lipinski definition) is 1. The predicted molar refractivity (Wildman–Crippen MR) is 57.5 cm³/mol. The Morgan fingerprint density at radius 2 is 1.64 bits per heavy atom. The summed E-state index contributed by atoms with van der Waals surface area (Å²) in [5.74, 6) is 0. The standard InChI is InChI=1S/C11H25N2.ClH/c1-11(2,12)7-10-13(3)8-5-4-6-9-13;/h4-10,12H2,1-3H3;1H/q+1;/p-1. The second-order valence-electron chi connectivity index (χ2n) is 5.59. The monoisotopic (exact) mass is 220 g/mol. The maximum atomic E-state index is 6.00. The molecule has 0 atom stereocenters. The maximum Gasteiger partial charge on any atom is 0.0802 e. The number of nitrogens with zero attached hydrogens (tertiary/aromatic N) is 1. The zero-order valence-electron chi connectivity index (χ0n) is 9.85. The van der Waals surface area contributed by atoms with E-state index in [2.05, 4.69) is 20.9 Å². The molecule has 1 aliphatic rings. The molecule has 2 N–H and O–H groups in total. The van der Waals surface area contributed by atoms with E-state index in [0.717, 1.165) is 6.42 Å². The van der Waals surface area contributed by atoms with Crippen molar-refractivity contribution in [3.63, 3.8) is 0 Å². The Kier molecular flexibility index (Phi) is 5.42. The minimum Gasteiger partial charge on any atom is -1.00 e. The van der Waals surface area contributed by atoms with Crippen LogP contribution < -0.4 is 18.1 Å². The molecule has 3 heteroatoms. The number of nitrogens with two attached hydrogens (primary N) is 1. The lowest BCUT2D eigenvalue weighted by molar-refractivity contribution is -0.914. The number of halogens is 1. The number of quaternary nitrogens is 1. The van der Waals surface area contributed by atoms with Crippen LogP contribution in [0.5, 0.6) is 0 Å². The van der Waals surface area contributed by atoms with E-state index < -0.39 is 0 Å². The smallest absolute Gasteiger partial charge is 0.0802 e. The molecule has 0 aromatic heterocycles. The molecule has 0 unspecified atom stereocenters. The van der Waals surface area contributed by atoms with E-state index in [1.807, 2.05) is 0 Å². The Hall–Kier alpha value is 0.210. The highest BCUT2D eigenvalue weighted by Gasteiger charge is 2.26. The summed E-state index contributed by atoms with van der Waals surface area (Å²) < 4.78 is 1.25. The van der Waals surface area contributed by atoms with E-state index in [0.29, 0.717) is 0 Å². The highest BCUT2D eigenvalue weighted by atomic mass is 35.5. The Morgan fingerprint density at radius 3 is 2.07 bits per heavy atom. The highest BCUT2D eigenvalue weighted by Crippen LogP contribution is 2.18. The Bertz CT molecular complexity index is 157. The third kappa shape index (κ3) is 5.18. The van der Waals surface area contributed by atoms with E-state index in [1.165, 1.54) is 43.4 Å². The molecule has 0 amide bonds. The van der Waals surface area contributed by atoms with Crippen LogP contribution in [0.15, 0.2) is 0 Å². The zero-order chi connectivity index (χ0) is 9.95. The van der Waals surface area contributed by atoms with Gasteiger partial charge in [0.15, 0.2) is 0 Å². The first-order valence-corrected chi connectivity index (χ1v) is 5.54. The van der Waals surface area contributed by atoms with Crippen molar-refractivity contribution in [3.8, 4) is 0 Å². The molecule has 1 rings (SSSR count). The quantitative estimate of drug-likeness (QED) is 0.591. The van der Waals surface area contributed by atoms with Gasteiger partial charge in [0.05, 0.1) is 26.7 Å². The fourth-order valence-electron chi connectivity index (χ4n) is 2.06. The van der Waals surface area contributed by atoms with Gasteiger partial charge in [0.2, 0.25) is 0 Å². The number of piperidine rings is 1. The van der Waals surface area contributed by atoms with Crippen LogP contribution in [0, 0.1) is 0 Å². The molecule has 0 radical (unpaired) electrons. The predicted octanol–water partition coefficient (Wildman–Crippen LogP) is -1.25. The van der Waals surface area contributed by atoms with Gasteiger partial charge in [-0.1, -0.05) is 0 Å². The average molecular weight is 221 g/mol. The molecule has 14 heavy (non-hydrogen) atoms. The third-order valence-corrected chi connectivity index (χ3v) is 3.19. The van der Waals surface area contributed by atoms with E-state index in [4.69, 9.17) is 5.73 Å². The first-order chi connectivity index (χ1) is 5.91. The molecular weight excluding hydrogens is 196 g/mol. The molecule has 1 heterocycles. The number of rotatable bonds is 3.